The van der Waals surface area contributed by atoms with Crippen LogP contribution >= 0.6 is 22.9 Å². The minimum Gasteiger partial charge on any atom is -0.480 e. The summed E-state index contributed by atoms with van der Waals surface area (Å²) in [4.78, 5) is 22.4. The van der Waals surface area contributed by atoms with E-state index in [-0.39, 0.29) is 0 Å². The quantitative estimate of drug-likeness (QED) is 0.431. The highest BCUT2D eigenvalue weighted by molar-refractivity contribution is 7.18. The third-order valence-electron chi connectivity index (χ3n) is 5.61. The first-order valence-corrected chi connectivity index (χ1v) is 11.3. The number of aryl methyl sites for hydroxylation is 1. The fourth-order valence-electron chi connectivity index (χ4n) is 4.02. The highest BCUT2D eigenvalue weighted by Gasteiger charge is 2.34. The Morgan fingerprint density at radius 1 is 1.23 bits per heavy atom. The van der Waals surface area contributed by atoms with Crippen LogP contribution in [-0.2, 0) is 11.2 Å². The zero-order valence-electron chi connectivity index (χ0n) is 16.9. The molecule has 1 saturated heterocycles. The van der Waals surface area contributed by atoms with Gasteiger partial charge in [0.1, 0.15) is 11.9 Å². The van der Waals surface area contributed by atoms with Gasteiger partial charge in [-0.05, 0) is 66.8 Å². The molecular weight excluding hydrogens is 430 g/mol. The van der Waals surface area contributed by atoms with Crippen molar-refractivity contribution in [1.82, 2.24) is 9.97 Å². The van der Waals surface area contributed by atoms with Crippen molar-refractivity contribution in [2.24, 2.45) is 0 Å². The van der Waals surface area contributed by atoms with Gasteiger partial charge >= 0.3 is 5.97 Å². The number of aliphatic carboxylic acids is 1. The molecule has 0 aliphatic carbocycles. The Kier molecular flexibility index (Phi) is 5.12. The first-order valence-electron chi connectivity index (χ1n) is 10.1. The fraction of sp³-hybridized carbons (Fsp3) is 0.208. The average Bonchev–Trinajstić information content (AvgIpc) is 3.07. The molecule has 3 heterocycles. The van der Waals surface area contributed by atoms with Crippen LogP contribution in [0, 0.1) is 6.92 Å². The van der Waals surface area contributed by atoms with Crippen molar-refractivity contribution in [2.45, 2.75) is 25.8 Å². The van der Waals surface area contributed by atoms with Gasteiger partial charge in [-0.1, -0.05) is 29.8 Å². The van der Waals surface area contributed by atoms with Crippen LogP contribution in [-0.4, -0.2) is 33.6 Å². The van der Waals surface area contributed by atoms with Gasteiger partial charge in [-0.15, -0.1) is 11.3 Å². The summed E-state index contributed by atoms with van der Waals surface area (Å²) in [5.41, 5.74) is 5.38. The molecular formula is C24H20ClN3O2S. The predicted molar refractivity (Wildman–Crippen MR) is 125 cm³/mol. The highest BCUT2D eigenvalue weighted by Crippen LogP contribution is 2.35. The number of halogens is 1. The highest BCUT2D eigenvalue weighted by atomic mass is 35.5. The SMILES string of the molecule is Cc1nc2c(-c3cccc(Cl)c3)cc(Cc3ccc(N4CC[C@@H]4C(=O)O)nc3)cc2s1. The van der Waals surface area contributed by atoms with Gasteiger partial charge in [0, 0.05) is 23.3 Å². The number of aromatic nitrogens is 2. The van der Waals surface area contributed by atoms with Crippen molar-refractivity contribution in [3.05, 3.63) is 75.9 Å². The summed E-state index contributed by atoms with van der Waals surface area (Å²) in [7, 11) is 0. The second kappa shape index (κ2) is 7.94. The topological polar surface area (TPSA) is 66.3 Å². The number of pyridine rings is 1. The number of hydrogen-bond donors (Lipinski definition) is 1. The molecule has 1 atom stereocenters. The molecule has 5 nitrogen and oxygen atoms in total. The van der Waals surface area contributed by atoms with E-state index in [0.717, 1.165) is 50.7 Å². The van der Waals surface area contributed by atoms with Crippen LogP contribution in [0.4, 0.5) is 5.82 Å². The van der Waals surface area contributed by atoms with E-state index in [9.17, 15) is 9.90 Å². The first kappa shape index (κ1) is 20.0. The molecule has 4 aromatic rings. The van der Waals surface area contributed by atoms with Crippen molar-refractivity contribution in [3.8, 4) is 11.1 Å². The standard InChI is InChI=1S/C24H20ClN3O2S/c1-14-27-23-19(17-3-2-4-18(25)12-17)10-16(11-21(23)31-14)9-15-5-6-22(26-13-15)28-8-7-20(28)24(29)30/h2-6,10-13,20H,7-9H2,1H3,(H,29,30)/t20-/m1/s1. The van der Waals surface area contributed by atoms with Crippen LogP contribution in [0.2, 0.25) is 5.02 Å². The maximum absolute atomic E-state index is 11.3. The van der Waals surface area contributed by atoms with Gasteiger partial charge in [0.25, 0.3) is 0 Å². The van der Waals surface area contributed by atoms with E-state index in [2.05, 4.69) is 23.2 Å². The molecule has 1 aliphatic heterocycles. The maximum Gasteiger partial charge on any atom is 0.326 e. The van der Waals surface area contributed by atoms with E-state index in [1.807, 2.05) is 48.4 Å². The van der Waals surface area contributed by atoms with E-state index in [1.54, 1.807) is 11.3 Å². The number of carbonyl (C=O) groups is 1. The lowest BCUT2D eigenvalue weighted by Crippen LogP contribution is -2.52. The number of hydrogen-bond acceptors (Lipinski definition) is 5. The van der Waals surface area contributed by atoms with Gasteiger partial charge in [-0.2, -0.15) is 0 Å². The monoisotopic (exact) mass is 449 g/mol. The number of nitrogens with zero attached hydrogens (tertiary/aromatic N) is 3. The Bertz CT molecular complexity index is 1290. The molecule has 7 heteroatoms. The molecule has 5 rings (SSSR count). The molecule has 0 saturated carbocycles. The Labute approximate surface area is 189 Å². The zero-order valence-corrected chi connectivity index (χ0v) is 18.5. The van der Waals surface area contributed by atoms with Crippen molar-refractivity contribution in [1.29, 1.82) is 0 Å². The second-order valence-corrected chi connectivity index (χ2v) is 9.44. The summed E-state index contributed by atoms with van der Waals surface area (Å²) in [6.45, 7) is 2.75. The van der Waals surface area contributed by atoms with Gasteiger partial charge < -0.3 is 10.0 Å². The summed E-state index contributed by atoms with van der Waals surface area (Å²) in [5, 5.41) is 11.0. The van der Waals surface area contributed by atoms with Gasteiger partial charge in [0.05, 0.1) is 15.2 Å². The number of benzene rings is 2. The van der Waals surface area contributed by atoms with Crippen LogP contribution in [0.5, 0.6) is 0 Å². The summed E-state index contributed by atoms with van der Waals surface area (Å²) in [6, 6.07) is 15.7. The Morgan fingerprint density at radius 3 is 2.77 bits per heavy atom. The summed E-state index contributed by atoms with van der Waals surface area (Å²) in [6.07, 6.45) is 3.24. The third kappa shape index (κ3) is 3.89. The average molecular weight is 450 g/mol. The molecule has 0 radical (unpaired) electrons. The number of carboxylic acids is 1. The molecule has 1 N–H and O–H groups in total. The lowest BCUT2D eigenvalue weighted by molar-refractivity contribution is -0.140. The van der Waals surface area contributed by atoms with E-state index in [1.165, 1.54) is 5.56 Å². The molecule has 156 valence electrons. The largest absolute Gasteiger partial charge is 0.480 e. The molecule has 1 fully saturated rings. The van der Waals surface area contributed by atoms with E-state index < -0.39 is 12.0 Å². The predicted octanol–water partition coefficient (Wildman–Crippen LogP) is 5.57. The van der Waals surface area contributed by atoms with Gasteiger partial charge in [-0.3, -0.25) is 0 Å². The van der Waals surface area contributed by atoms with Gasteiger partial charge in [0.15, 0.2) is 0 Å². The number of anilines is 1. The van der Waals surface area contributed by atoms with Crippen LogP contribution in [0.25, 0.3) is 21.3 Å². The fourth-order valence-corrected chi connectivity index (χ4v) is 5.13. The molecule has 2 aromatic carbocycles. The third-order valence-corrected chi connectivity index (χ3v) is 6.77. The Morgan fingerprint density at radius 2 is 2.10 bits per heavy atom. The molecule has 2 aromatic heterocycles. The van der Waals surface area contributed by atoms with Gasteiger partial charge in [-0.25, -0.2) is 14.8 Å². The number of rotatable bonds is 5. The Hall–Kier alpha value is -2.96. The van der Waals surface area contributed by atoms with Crippen LogP contribution in [0.1, 0.15) is 22.6 Å². The Balaban J connectivity index is 1.46. The lowest BCUT2D eigenvalue weighted by atomic mass is 9.98. The normalized spacial score (nSPS) is 15.8. The molecule has 0 amide bonds. The molecule has 0 spiro atoms. The number of fused-ring (bicyclic) bond motifs is 1. The summed E-state index contributed by atoms with van der Waals surface area (Å²) in [5.74, 6) is -0.0747. The van der Waals surface area contributed by atoms with Crippen molar-refractivity contribution < 1.29 is 9.90 Å². The number of carboxylic acid groups (broad SMARTS) is 1. The first-order chi connectivity index (χ1) is 15.0. The maximum atomic E-state index is 11.3. The van der Waals surface area contributed by atoms with Crippen molar-refractivity contribution in [3.63, 3.8) is 0 Å². The minimum atomic E-state index is -0.793. The molecule has 31 heavy (non-hydrogen) atoms. The van der Waals surface area contributed by atoms with Gasteiger partial charge in [0.2, 0.25) is 0 Å². The molecule has 1 aliphatic rings. The summed E-state index contributed by atoms with van der Waals surface area (Å²) < 4.78 is 1.15. The molecule has 0 unspecified atom stereocenters. The van der Waals surface area contributed by atoms with Crippen LogP contribution < -0.4 is 4.90 Å². The summed E-state index contributed by atoms with van der Waals surface area (Å²) >= 11 is 7.93. The lowest BCUT2D eigenvalue weighted by Gasteiger charge is -2.38. The second-order valence-electron chi connectivity index (χ2n) is 7.77. The van der Waals surface area contributed by atoms with Crippen molar-refractivity contribution >= 4 is 44.9 Å². The number of thiazole rings is 1. The van der Waals surface area contributed by atoms with Crippen molar-refractivity contribution in [2.75, 3.05) is 11.4 Å². The van der Waals surface area contributed by atoms with Crippen LogP contribution in [0.15, 0.2) is 54.7 Å². The smallest absolute Gasteiger partial charge is 0.326 e. The van der Waals surface area contributed by atoms with E-state index in [0.29, 0.717) is 11.4 Å². The minimum absolute atomic E-state index is 0.462. The van der Waals surface area contributed by atoms with E-state index >= 15 is 0 Å². The molecule has 0 bridgehead atoms. The zero-order chi connectivity index (χ0) is 21.5. The van der Waals surface area contributed by atoms with Crippen LogP contribution in [0.3, 0.4) is 0 Å². The van der Waals surface area contributed by atoms with E-state index in [4.69, 9.17) is 16.6 Å².